The number of benzene rings is 2. The maximum atomic E-state index is 13.3. The van der Waals surface area contributed by atoms with Crippen molar-refractivity contribution < 1.29 is 28.5 Å². The highest BCUT2D eigenvalue weighted by Crippen LogP contribution is 2.45. The molecule has 0 amide bonds. The Morgan fingerprint density at radius 2 is 1.62 bits per heavy atom. The lowest BCUT2D eigenvalue weighted by molar-refractivity contribution is -0.160. The van der Waals surface area contributed by atoms with Crippen LogP contribution in [0.15, 0.2) is 48.5 Å². The van der Waals surface area contributed by atoms with Crippen LogP contribution in [0.1, 0.15) is 95.3 Å². The molecule has 5 rings (SSSR count). The number of rotatable bonds is 14. The Labute approximate surface area is 297 Å². The van der Waals surface area contributed by atoms with Crippen LogP contribution in [0.5, 0.6) is 5.75 Å². The molecule has 8 nitrogen and oxygen atoms in total. The van der Waals surface area contributed by atoms with E-state index >= 15 is 0 Å². The van der Waals surface area contributed by atoms with Gasteiger partial charge in [-0.2, -0.15) is 0 Å². The molecule has 50 heavy (non-hydrogen) atoms. The molecule has 2 saturated heterocycles. The van der Waals surface area contributed by atoms with Gasteiger partial charge >= 0.3 is 5.97 Å². The van der Waals surface area contributed by atoms with Gasteiger partial charge in [0.2, 0.25) is 0 Å². The summed E-state index contributed by atoms with van der Waals surface area (Å²) in [7, 11) is 0. The molecular formula is C41H56FN3O5. The van der Waals surface area contributed by atoms with E-state index in [1.54, 1.807) is 12.1 Å². The lowest BCUT2D eigenvalue weighted by Crippen LogP contribution is -2.39. The predicted octanol–water partition coefficient (Wildman–Crippen LogP) is 8.39. The molecule has 1 aromatic heterocycles. The SMILES string of the molecule is Cc1nc(COCCN2CCCCC2)c(-c2ccc(OCCc3ccc(F)cc3)cc2)c(N2CCC(C)(C)CC2)c1[C@H](OC(C)(C)C)C(=O)O. The van der Waals surface area contributed by atoms with Crippen LogP contribution in [0.25, 0.3) is 11.1 Å². The van der Waals surface area contributed by atoms with Crippen LogP contribution in [0, 0.1) is 18.2 Å². The number of piperidine rings is 2. The van der Waals surface area contributed by atoms with Crippen molar-refractivity contribution in [1.82, 2.24) is 9.88 Å². The number of hydrogen-bond acceptors (Lipinski definition) is 7. The van der Waals surface area contributed by atoms with Gasteiger partial charge in [0.05, 0.1) is 36.8 Å². The molecule has 1 N–H and O–H groups in total. The van der Waals surface area contributed by atoms with Crippen LogP contribution in [0.3, 0.4) is 0 Å². The van der Waals surface area contributed by atoms with Crippen LogP contribution in [0.2, 0.25) is 0 Å². The molecule has 9 heteroatoms. The lowest BCUT2D eigenvalue weighted by Gasteiger charge is -2.41. The molecule has 3 aromatic rings. The second-order valence-electron chi connectivity index (χ2n) is 15.6. The summed E-state index contributed by atoms with van der Waals surface area (Å²) in [4.78, 5) is 22.9. The number of carboxylic acids is 1. The number of hydrogen-bond donors (Lipinski definition) is 1. The van der Waals surface area contributed by atoms with E-state index in [0.717, 1.165) is 79.4 Å². The van der Waals surface area contributed by atoms with Gasteiger partial charge in [-0.15, -0.1) is 0 Å². The highest BCUT2D eigenvalue weighted by Gasteiger charge is 2.37. The molecule has 3 heterocycles. The van der Waals surface area contributed by atoms with Crippen molar-refractivity contribution in [3.05, 3.63) is 76.9 Å². The first-order chi connectivity index (χ1) is 23.8. The van der Waals surface area contributed by atoms with Gasteiger partial charge in [-0.25, -0.2) is 9.18 Å². The zero-order valence-corrected chi connectivity index (χ0v) is 30.9. The Balaban J connectivity index is 1.52. The normalized spacial score (nSPS) is 17.5. The Kier molecular flexibility index (Phi) is 12.6. The minimum Gasteiger partial charge on any atom is -0.493 e. The molecule has 2 aliphatic heterocycles. The third-order valence-electron chi connectivity index (χ3n) is 9.82. The van der Waals surface area contributed by atoms with Gasteiger partial charge in [0.1, 0.15) is 11.6 Å². The summed E-state index contributed by atoms with van der Waals surface area (Å²) in [5.74, 6) is -0.570. The van der Waals surface area contributed by atoms with Gasteiger partial charge in [-0.05, 0) is 107 Å². The van der Waals surface area contributed by atoms with Crippen molar-refractivity contribution in [2.24, 2.45) is 5.41 Å². The molecule has 1 atom stereocenters. The fourth-order valence-corrected chi connectivity index (χ4v) is 6.93. The van der Waals surface area contributed by atoms with E-state index in [9.17, 15) is 14.3 Å². The summed E-state index contributed by atoms with van der Waals surface area (Å²) in [5, 5.41) is 10.6. The highest BCUT2D eigenvalue weighted by molar-refractivity contribution is 5.88. The smallest absolute Gasteiger partial charge is 0.337 e. The standard InChI is InChI=1S/C41H56FN3O5/c1-29-35(38(39(46)47)50-40(2,3)4)37(45-23-19-41(5,6)20-24-45)36(34(43-29)28-48-27-25-44-21-8-7-9-22-44)31-12-16-33(17-13-31)49-26-18-30-10-14-32(42)15-11-30/h10-17,38H,7-9,18-28H2,1-6H3,(H,46,47)/t38-/m0/s1. The van der Waals surface area contributed by atoms with Crippen LogP contribution >= 0.6 is 0 Å². The number of carboxylic acid groups (broad SMARTS) is 1. The second-order valence-corrected chi connectivity index (χ2v) is 15.6. The maximum absolute atomic E-state index is 13.3. The molecule has 0 aliphatic carbocycles. The van der Waals surface area contributed by atoms with E-state index in [1.807, 2.05) is 52.0 Å². The van der Waals surface area contributed by atoms with Gasteiger partial charge in [0.25, 0.3) is 0 Å². The number of aromatic nitrogens is 1. The number of anilines is 1. The van der Waals surface area contributed by atoms with E-state index in [-0.39, 0.29) is 11.2 Å². The fourth-order valence-electron chi connectivity index (χ4n) is 6.93. The molecule has 2 aliphatic rings. The van der Waals surface area contributed by atoms with Gasteiger partial charge in [-0.3, -0.25) is 4.98 Å². The number of nitrogens with zero attached hydrogens (tertiary/aromatic N) is 3. The average molecular weight is 690 g/mol. The third-order valence-corrected chi connectivity index (χ3v) is 9.82. The summed E-state index contributed by atoms with van der Waals surface area (Å²) in [6.45, 7) is 18.2. The first kappa shape index (κ1) is 37.7. The molecule has 272 valence electrons. The molecule has 0 saturated carbocycles. The van der Waals surface area contributed by atoms with Crippen LogP contribution in [-0.4, -0.2) is 72.5 Å². The topological polar surface area (TPSA) is 84.4 Å². The summed E-state index contributed by atoms with van der Waals surface area (Å²) >= 11 is 0. The summed E-state index contributed by atoms with van der Waals surface area (Å²) < 4.78 is 32.1. The number of aliphatic carboxylic acids is 1. The zero-order valence-electron chi connectivity index (χ0n) is 30.9. The molecular weight excluding hydrogens is 633 g/mol. The first-order valence-corrected chi connectivity index (χ1v) is 18.3. The summed E-state index contributed by atoms with van der Waals surface area (Å²) in [6.07, 6.45) is 5.17. The number of halogens is 1. The van der Waals surface area contributed by atoms with Gasteiger partial charge in [0.15, 0.2) is 6.10 Å². The summed E-state index contributed by atoms with van der Waals surface area (Å²) in [6, 6.07) is 14.4. The van der Waals surface area contributed by atoms with Crippen molar-refractivity contribution in [3.8, 4) is 16.9 Å². The Morgan fingerprint density at radius 3 is 2.24 bits per heavy atom. The monoisotopic (exact) mass is 689 g/mol. The van der Waals surface area contributed by atoms with E-state index in [4.69, 9.17) is 19.2 Å². The van der Waals surface area contributed by atoms with Gasteiger partial charge < -0.3 is 29.1 Å². The van der Waals surface area contributed by atoms with Crippen molar-refractivity contribution in [2.75, 3.05) is 50.8 Å². The molecule has 0 unspecified atom stereocenters. The third kappa shape index (κ3) is 10.3. The van der Waals surface area contributed by atoms with Gasteiger partial charge in [0, 0.05) is 42.9 Å². The van der Waals surface area contributed by atoms with Crippen molar-refractivity contribution in [1.29, 1.82) is 0 Å². The minimum atomic E-state index is -1.20. The number of carbonyl (C=O) groups is 1. The molecule has 0 bridgehead atoms. The Hall–Kier alpha value is -3.53. The second kappa shape index (κ2) is 16.7. The lowest BCUT2D eigenvalue weighted by atomic mass is 9.81. The van der Waals surface area contributed by atoms with Crippen LogP contribution in [0.4, 0.5) is 10.1 Å². The van der Waals surface area contributed by atoms with Crippen molar-refractivity contribution in [3.63, 3.8) is 0 Å². The summed E-state index contributed by atoms with van der Waals surface area (Å²) in [5.41, 5.74) is 5.19. The largest absolute Gasteiger partial charge is 0.493 e. The average Bonchev–Trinajstić information content (AvgIpc) is 3.07. The van der Waals surface area contributed by atoms with Crippen molar-refractivity contribution >= 4 is 11.7 Å². The Morgan fingerprint density at radius 1 is 0.960 bits per heavy atom. The van der Waals surface area contributed by atoms with E-state index in [1.165, 1.54) is 31.4 Å². The number of pyridine rings is 1. The van der Waals surface area contributed by atoms with Gasteiger partial charge in [-0.1, -0.05) is 44.5 Å². The Bertz CT molecular complexity index is 1550. The maximum Gasteiger partial charge on any atom is 0.337 e. The van der Waals surface area contributed by atoms with E-state index in [0.29, 0.717) is 37.5 Å². The first-order valence-electron chi connectivity index (χ1n) is 18.3. The quantitative estimate of drug-likeness (QED) is 0.169. The van der Waals surface area contributed by atoms with Crippen LogP contribution < -0.4 is 9.64 Å². The van der Waals surface area contributed by atoms with E-state index < -0.39 is 17.7 Å². The number of aryl methyl sites for hydroxylation is 1. The number of likely N-dealkylation sites (tertiary alicyclic amines) is 1. The number of ether oxygens (including phenoxy) is 3. The van der Waals surface area contributed by atoms with Crippen molar-refractivity contribution in [2.45, 2.75) is 98.4 Å². The molecule has 2 fully saturated rings. The zero-order chi connectivity index (χ0) is 35.9. The highest BCUT2D eigenvalue weighted by atomic mass is 19.1. The minimum absolute atomic E-state index is 0.195. The van der Waals surface area contributed by atoms with Crippen LogP contribution in [-0.2, 0) is 27.3 Å². The van der Waals surface area contributed by atoms with E-state index in [2.05, 4.69) is 23.6 Å². The fraction of sp³-hybridized carbons (Fsp3) is 0.561. The molecule has 0 radical (unpaired) electrons. The predicted molar refractivity (Wildman–Crippen MR) is 196 cm³/mol. The molecule has 2 aromatic carbocycles. The molecule has 0 spiro atoms.